The maximum Gasteiger partial charge on any atom is 0.330 e. The number of aromatic nitrogens is 2. The highest BCUT2D eigenvalue weighted by Crippen LogP contribution is 2.01. The van der Waals surface area contributed by atoms with Gasteiger partial charge in [0.25, 0.3) is 5.56 Å². The van der Waals surface area contributed by atoms with E-state index in [9.17, 15) is 9.59 Å². The molecule has 0 fully saturated rings. The molecule has 5 nitrogen and oxygen atoms in total. The van der Waals surface area contributed by atoms with Crippen molar-refractivity contribution in [2.24, 2.45) is 14.1 Å². The summed E-state index contributed by atoms with van der Waals surface area (Å²) in [6, 6.07) is 11.8. The minimum absolute atomic E-state index is 0.265. The van der Waals surface area contributed by atoms with Crippen molar-refractivity contribution >= 4 is 0 Å². The van der Waals surface area contributed by atoms with Crippen LogP contribution in [0.5, 0.6) is 0 Å². The Morgan fingerprint density at radius 1 is 1.05 bits per heavy atom. The number of aryl methyl sites for hydroxylation is 1. The number of nitrogens with one attached hydrogen (secondary N) is 1. The van der Waals surface area contributed by atoms with Crippen molar-refractivity contribution in [2.45, 2.75) is 19.4 Å². The fraction of sp³-hybridized carbons (Fsp3) is 0.375. The lowest BCUT2D eigenvalue weighted by atomic mass is 10.1. The van der Waals surface area contributed by atoms with Crippen molar-refractivity contribution in [3.63, 3.8) is 0 Å². The molecule has 0 bridgehead atoms. The molecule has 1 aromatic heterocycles. The fourth-order valence-corrected chi connectivity index (χ4v) is 2.23. The van der Waals surface area contributed by atoms with Crippen molar-refractivity contribution in [1.29, 1.82) is 0 Å². The van der Waals surface area contributed by atoms with Crippen LogP contribution in [0.1, 0.15) is 17.7 Å². The zero-order valence-corrected chi connectivity index (χ0v) is 12.5. The Kier molecular flexibility index (Phi) is 5.11. The van der Waals surface area contributed by atoms with Gasteiger partial charge in [-0.1, -0.05) is 30.3 Å². The third-order valence-corrected chi connectivity index (χ3v) is 3.59. The van der Waals surface area contributed by atoms with Gasteiger partial charge in [-0.25, -0.2) is 4.79 Å². The lowest BCUT2D eigenvalue weighted by Gasteiger charge is -2.10. The average molecular weight is 287 g/mol. The van der Waals surface area contributed by atoms with E-state index in [0.717, 1.165) is 24.0 Å². The predicted octanol–water partition coefficient (Wildman–Crippen LogP) is 0.806. The summed E-state index contributed by atoms with van der Waals surface area (Å²) in [6.45, 7) is 1.37. The SMILES string of the molecule is Cn1c(CNCCCc2ccccc2)cc(=O)n(C)c1=O. The van der Waals surface area contributed by atoms with Gasteiger partial charge in [0.15, 0.2) is 0 Å². The summed E-state index contributed by atoms with van der Waals surface area (Å²) < 4.78 is 2.62. The zero-order valence-electron chi connectivity index (χ0n) is 12.5. The van der Waals surface area contributed by atoms with Crippen LogP contribution in [0.2, 0.25) is 0 Å². The Bertz CT molecular complexity index is 702. The van der Waals surface area contributed by atoms with Gasteiger partial charge in [-0.2, -0.15) is 0 Å². The molecule has 0 aliphatic rings. The summed E-state index contributed by atoms with van der Waals surface area (Å²) in [4.78, 5) is 23.4. The summed E-state index contributed by atoms with van der Waals surface area (Å²) in [5.74, 6) is 0. The zero-order chi connectivity index (χ0) is 15.2. The van der Waals surface area contributed by atoms with Crippen LogP contribution in [0, 0.1) is 0 Å². The molecule has 0 aliphatic carbocycles. The van der Waals surface area contributed by atoms with Crippen LogP contribution in [0.15, 0.2) is 46.0 Å². The van der Waals surface area contributed by atoms with Gasteiger partial charge < -0.3 is 5.32 Å². The van der Waals surface area contributed by atoms with Crippen molar-refractivity contribution in [3.05, 3.63) is 68.5 Å². The Morgan fingerprint density at radius 3 is 2.48 bits per heavy atom. The van der Waals surface area contributed by atoms with Crippen LogP contribution in [0.3, 0.4) is 0 Å². The van der Waals surface area contributed by atoms with E-state index in [2.05, 4.69) is 17.4 Å². The lowest BCUT2D eigenvalue weighted by molar-refractivity contribution is 0.589. The molecule has 0 aliphatic heterocycles. The number of nitrogens with zero attached hydrogens (tertiary/aromatic N) is 2. The summed E-state index contributed by atoms with van der Waals surface area (Å²) in [5.41, 5.74) is 1.48. The molecule has 0 unspecified atom stereocenters. The largest absolute Gasteiger partial charge is 0.330 e. The van der Waals surface area contributed by atoms with E-state index in [1.54, 1.807) is 7.05 Å². The van der Waals surface area contributed by atoms with E-state index in [0.29, 0.717) is 12.2 Å². The molecule has 21 heavy (non-hydrogen) atoms. The lowest BCUT2D eigenvalue weighted by Crippen LogP contribution is -2.39. The molecule has 2 aromatic rings. The summed E-state index contributed by atoms with van der Waals surface area (Å²) >= 11 is 0. The second-order valence-electron chi connectivity index (χ2n) is 5.14. The Labute approximate surface area is 123 Å². The number of rotatable bonds is 6. The van der Waals surface area contributed by atoms with Gasteiger partial charge in [-0.05, 0) is 24.9 Å². The molecular weight excluding hydrogens is 266 g/mol. The highest BCUT2D eigenvalue weighted by atomic mass is 16.2. The molecule has 0 radical (unpaired) electrons. The van der Waals surface area contributed by atoms with E-state index in [-0.39, 0.29) is 11.2 Å². The minimum Gasteiger partial charge on any atom is -0.311 e. The summed E-state index contributed by atoms with van der Waals surface area (Å²) in [7, 11) is 3.17. The molecule has 112 valence electrons. The molecule has 0 saturated heterocycles. The Balaban J connectivity index is 1.84. The van der Waals surface area contributed by atoms with Crippen LogP contribution in [0.4, 0.5) is 0 Å². The monoisotopic (exact) mass is 287 g/mol. The van der Waals surface area contributed by atoms with E-state index in [4.69, 9.17) is 0 Å². The van der Waals surface area contributed by atoms with E-state index in [1.165, 1.54) is 23.2 Å². The second kappa shape index (κ2) is 7.04. The predicted molar refractivity (Wildman–Crippen MR) is 83.4 cm³/mol. The smallest absolute Gasteiger partial charge is 0.311 e. The number of benzene rings is 1. The first-order valence-corrected chi connectivity index (χ1v) is 7.10. The molecule has 0 spiro atoms. The van der Waals surface area contributed by atoms with Crippen molar-refractivity contribution in [1.82, 2.24) is 14.5 Å². The molecule has 1 aromatic carbocycles. The third kappa shape index (κ3) is 3.92. The number of hydrogen-bond acceptors (Lipinski definition) is 3. The van der Waals surface area contributed by atoms with Crippen LogP contribution in [-0.4, -0.2) is 15.7 Å². The molecule has 2 rings (SSSR count). The van der Waals surface area contributed by atoms with E-state index in [1.807, 2.05) is 18.2 Å². The van der Waals surface area contributed by atoms with Gasteiger partial charge in [-0.3, -0.25) is 13.9 Å². The number of hydrogen-bond donors (Lipinski definition) is 1. The minimum atomic E-state index is -0.288. The maximum atomic E-state index is 11.8. The van der Waals surface area contributed by atoms with Gasteiger partial charge in [0.2, 0.25) is 0 Å². The van der Waals surface area contributed by atoms with Gasteiger partial charge in [0.05, 0.1) is 0 Å². The van der Waals surface area contributed by atoms with E-state index < -0.39 is 0 Å². The normalized spacial score (nSPS) is 10.8. The highest BCUT2D eigenvalue weighted by Gasteiger charge is 2.05. The molecule has 5 heteroatoms. The van der Waals surface area contributed by atoms with Gasteiger partial charge in [-0.15, -0.1) is 0 Å². The van der Waals surface area contributed by atoms with Crippen molar-refractivity contribution in [2.75, 3.05) is 6.54 Å². The molecule has 1 N–H and O–H groups in total. The van der Waals surface area contributed by atoms with Crippen LogP contribution in [-0.2, 0) is 27.1 Å². The van der Waals surface area contributed by atoms with Crippen LogP contribution >= 0.6 is 0 Å². The highest BCUT2D eigenvalue weighted by molar-refractivity contribution is 5.14. The Hall–Kier alpha value is -2.14. The molecule has 0 amide bonds. The Morgan fingerprint density at radius 2 is 1.76 bits per heavy atom. The van der Waals surface area contributed by atoms with Crippen LogP contribution in [0.25, 0.3) is 0 Å². The molecule has 1 heterocycles. The quantitative estimate of drug-likeness (QED) is 0.800. The standard InChI is InChI=1S/C16H21N3O2/c1-18-14(11-15(20)19(2)16(18)21)12-17-10-6-9-13-7-4-3-5-8-13/h3-5,7-8,11,17H,6,9-10,12H2,1-2H3. The fourth-order valence-electron chi connectivity index (χ4n) is 2.23. The first-order chi connectivity index (χ1) is 10.1. The molecular formula is C16H21N3O2. The molecule has 0 atom stereocenters. The first-order valence-electron chi connectivity index (χ1n) is 7.10. The molecule has 0 saturated carbocycles. The third-order valence-electron chi connectivity index (χ3n) is 3.59. The first kappa shape index (κ1) is 15.3. The summed E-state index contributed by atoms with van der Waals surface area (Å²) in [6.07, 6.45) is 2.03. The van der Waals surface area contributed by atoms with Gasteiger partial charge in [0.1, 0.15) is 0 Å². The topological polar surface area (TPSA) is 56.0 Å². The van der Waals surface area contributed by atoms with Gasteiger partial charge >= 0.3 is 5.69 Å². The van der Waals surface area contributed by atoms with E-state index >= 15 is 0 Å². The van der Waals surface area contributed by atoms with Crippen molar-refractivity contribution < 1.29 is 0 Å². The van der Waals surface area contributed by atoms with Crippen LogP contribution < -0.4 is 16.6 Å². The second-order valence-corrected chi connectivity index (χ2v) is 5.14. The van der Waals surface area contributed by atoms with Gasteiger partial charge in [0, 0.05) is 32.4 Å². The average Bonchev–Trinajstić information content (AvgIpc) is 2.50. The maximum absolute atomic E-state index is 11.8. The van der Waals surface area contributed by atoms with Crippen molar-refractivity contribution in [3.8, 4) is 0 Å². The summed E-state index contributed by atoms with van der Waals surface area (Å²) in [5, 5.41) is 3.28.